The SMILES string of the molecule is Cc1cccc2c1CCN2C(=O)Cn1cnc2c1CCNC21CCOCC1. The summed E-state index contributed by atoms with van der Waals surface area (Å²) in [5.41, 5.74) is 5.93. The first-order chi connectivity index (χ1) is 13.2. The highest BCUT2D eigenvalue weighted by molar-refractivity contribution is 5.95. The van der Waals surface area contributed by atoms with E-state index in [0.717, 1.165) is 63.4 Å². The van der Waals surface area contributed by atoms with Crippen LogP contribution < -0.4 is 10.2 Å². The molecule has 0 radical (unpaired) electrons. The Hall–Kier alpha value is -2.18. The van der Waals surface area contributed by atoms with Crippen LogP contribution in [0.5, 0.6) is 0 Å². The molecule has 1 spiro atoms. The predicted molar refractivity (Wildman–Crippen MR) is 103 cm³/mol. The fraction of sp³-hybridized carbons (Fsp3) is 0.524. The largest absolute Gasteiger partial charge is 0.381 e. The van der Waals surface area contributed by atoms with Crippen molar-refractivity contribution < 1.29 is 9.53 Å². The Balaban J connectivity index is 1.40. The smallest absolute Gasteiger partial charge is 0.246 e. The van der Waals surface area contributed by atoms with Crippen LogP contribution in [0.25, 0.3) is 0 Å². The van der Waals surface area contributed by atoms with Gasteiger partial charge in [0.2, 0.25) is 5.91 Å². The van der Waals surface area contributed by atoms with Gasteiger partial charge in [-0.3, -0.25) is 4.79 Å². The molecule has 1 aromatic carbocycles. The minimum absolute atomic E-state index is 0.0719. The van der Waals surface area contributed by atoms with Gasteiger partial charge in [0.05, 0.1) is 17.6 Å². The van der Waals surface area contributed by atoms with Crippen LogP contribution >= 0.6 is 0 Å². The topological polar surface area (TPSA) is 59.4 Å². The van der Waals surface area contributed by atoms with Gasteiger partial charge in [-0.2, -0.15) is 0 Å². The lowest BCUT2D eigenvalue weighted by molar-refractivity contribution is -0.119. The molecule has 1 amide bonds. The van der Waals surface area contributed by atoms with Gasteiger partial charge in [-0.1, -0.05) is 12.1 Å². The Morgan fingerprint density at radius 2 is 2.15 bits per heavy atom. The Morgan fingerprint density at radius 3 is 3.00 bits per heavy atom. The number of imidazole rings is 1. The lowest BCUT2D eigenvalue weighted by Gasteiger charge is -2.40. The van der Waals surface area contributed by atoms with Crippen LogP contribution in [0.1, 0.15) is 35.4 Å². The highest BCUT2D eigenvalue weighted by Crippen LogP contribution is 2.36. The van der Waals surface area contributed by atoms with Crippen molar-refractivity contribution in [2.45, 2.75) is 44.7 Å². The number of aromatic nitrogens is 2. The van der Waals surface area contributed by atoms with Crippen molar-refractivity contribution >= 4 is 11.6 Å². The van der Waals surface area contributed by atoms with Gasteiger partial charge in [-0.05, 0) is 43.4 Å². The zero-order valence-electron chi connectivity index (χ0n) is 15.8. The monoisotopic (exact) mass is 366 g/mol. The molecule has 0 bridgehead atoms. The van der Waals surface area contributed by atoms with Crippen LogP contribution in [-0.4, -0.2) is 41.8 Å². The molecule has 142 valence electrons. The second kappa shape index (κ2) is 6.46. The molecule has 0 saturated carbocycles. The molecule has 3 aliphatic heterocycles. The Kier molecular flexibility index (Phi) is 4.06. The zero-order chi connectivity index (χ0) is 18.4. The Bertz CT molecular complexity index is 882. The van der Waals surface area contributed by atoms with E-state index in [4.69, 9.17) is 9.72 Å². The maximum Gasteiger partial charge on any atom is 0.246 e. The first-order valence-electron chi connectivity index (χ1n) is 9.94. The summed E-state index contributed by atoms with van der Waals surface area (Å²) in [4.78, 5) is 19.8. The van der Waals surface area contributed by atoms with Crippen molar-refractivity contribution in [3.05, 3.63) is 47.0 Å². The number of anilines is 1. The third-order valence-corrected chi connectivity index (χ3v) is 6.44. The molecule has 1 aromatic heterocycles. The van der Waals surface area contributed by atoms with Gasteiger partial charge in [0.25, 0.3) is 0 Å². The summed E-state index contributed by atoms with van der Waals surface area (Å²) in [6.45, 7) is 5.73. The van der Waals surface area contributed by atoms with Gasteiger partial charge in [0.15, 0.2) is 0 Å². The molecule has 1 N–H and O–H groups in total. The zero-order valence-corrected chi connectivity index (χ0v) is 15.8. The molecular formula is C21H26N4O2. The molecule has 0 aliphatic carbocycles. The van der Waals surface area contributed by atoms with Gasteiger partial charge in [0.1, 0.15) is 6.54 Å². The van der Waals surface area contributed by atoms with Gasteiger partial charge in [-0.25, -0.2) is 4.98 Å². The molecular weight excluding hydrogens is 340 g/mol. The average Bonchev–Trinajstić information content (AvgIpc) is 3.29. The molecule has 4 heterocycles. The second-order valence-corrected chi connectivity index (χ2v) is 7.91. The van der Waals surface area contributed by atoms with E-state index in [1.807, 2.05) is 17.3 Å². The summed E-state index contributed by atoms with van der Waals surface area (Å²) in [7, 11) is 0. The number of hydrogen-bond donors (Lipinski definition) is 1. The van der Waals surface area contributed by atoms with Crippen molar-refractivity contribution in [1.29, 1.82) is 0 Å². The van der Waals surface area contributed by atoms with E-state index in [1.54, 1.807) is 0 Å². The third-order valence-electron chi connectivity index (χ3n) is 6.44. The molecule has 5 rings (SSSR count). The van der Waals surface area contributed by atoms with E-state index < -0.39 is 0 Å². The first kappa shape index (κ1) is 17.0. The van der Waals surface area contributed by atoms with Crippen LogP contribution in [0, 0.1) is 6.92 Å². The molecule has 0 unspecified atom stereocenters. The average molecular weight is 366 g/mol. The van der Waals surface area contributed by atoms with Crippen molar-refractivity contribution in [2.24, 2.45) is 0 Å². The number of nitrogens with zero attached hydrogens (tertiary/aromatic N) is 3. The van der Waals surface area contributed by atoms with E-state index in [2.05, 4.69) is 28.9 Å². The summed E-state index contributed by atoms with van der Waals surface area (Å²) in [6.07, 6.45) is 5.62. The van der Waals surface area contributed by atoms with E-state index in [0.29, 0.717) is 6.54 Å². The van der Waals surface area contributed by atoms with Crippen LogP contribution in [0.4, 0.5) is 5.69 Å². The number of fused-ring (bicyclic) bond motifs is 3. The molecule has 27 heavy (non-hydrogen) atoms. The number of carbonyl (C=O) groups excluding carboxylic acids is 1. The van der Waals surface area contributed by atoms with Crippen molar-refractivity contribution in [1.82, 2.24) is 14.9 Å². The number of rotatable bonds is 2. The van der Waals surface area contributed by atoms with E-state index in [-0.39, 0.29) is 11.4 Å². The molecule has 6 heteroatoms. The normalized spacial score (nSPS) is 20.6. The maximum absolute atomic E-state index is 13.1. The van der Waals surface area contributed by atoms with Gasteiger partial charge in [0, 0.05) is 44.1 Å². The number of hydrogen-bond acceptors (Lipinski definition) is 4. The van der Waals surface area contributed by atoms with Crippen molar-refractivity contribution in [2.75, 3.05) is 31.2 Å². The number of aryl methyl sites for hydroxylation is 1. The number of amides is 1. The van der Waals surface area contributed by atoms with Gasteiger partial charge >= 0.3 is 0 Å². The standard InChI is InChI=1S/C21H26N4O2/c1-15-3-2-4-17-16(15)6-10-25(17)19(26)13-24-14-22-20-18(24)5-9-23-21(20)7-11-27-12-8-21/h2-4,14,23H,5-13H2,1H3. The second-order valence-electron chi connectivity index (χ2n) is 7.91. The van der Waals surface area contributed by atoms with Crippen LogP contribution in [-0.2, 0) is 34.5 Å². The Labute approximate surface area is 159 Å². The predicted octanol–water partition coefficient (Wildman–Crippen LogP) is 1.93. The highest BCUT2D eigenvalue weighted by atomic mass is 16.5. The van der Waals surface area contributed by atoms with Crippen LogP contribution in [0.15, 0.2) is 24.5 Å². The summed E-state index contributed by atoms with van der Waals surface area (Å²) in [5.74, 6) is 0.152. The first-order valence-corrected chi connectivity index (χ1v) is 9.94. The van der Waals surface area contributed by atoms with E-state index in [9.17, 15) is 4.79 Å². The van der Waals surface area contributed by atoms with Crippen LogP contribution in [0.3, 0.4) is 0 Å². The Morgan fingerprint density at radius 1 is 1.30 bits per heavy atom. The number of carbonyl (C=O) groups is 1. The van der Waals surface area contributed by atoms with Crippen molar-refractivity contribution in [3.8, 4) is 0 Å². The molecule has 1 fully saturated rings. The molecule has 0 atom stereocenters. The number of ether oxygens (including phenoxy) is 1. The number of nitrogens with one attached hydrogen (secondary N) is 1. The maximum atomic E-state index is 13.1. The lowest BCUT2D eigenvalue weighted by atomic mass is 9.82. The molecule has 6 nitrogen and oxygen atoms in total. The number of benzene rings is 1. The molecule has 3 aliphatic rings. The molecule has 1 saturated heterocycles. The quantitative estimate of drug-likeness (QED) is 0.882. The van der Waals surface area contributed by atoms with E-state index in [1.165, 1.54) is 16.8 Å². The molecule has 2 aromatic rings. The third kappa shape index (κ3) is 2.70. The fourth-order valence-corrected chi connectivity index (χ4v) is 4.94. The fourth-order valence-electron chi connectivity index (χ4n) is 4.94. The highest BCUT2D eigenvalue weighted by Gasteiger charge is 2.41. The van der Waals surface area contributed by atoms with E-state index >= 15 is 0 Å². The van der Waals surface area contributed by atoms with Gasteiger partial charge in [-0.15, -0.1) is 0 Å². The summed E-state index contributed by atoms with van der Waals surface area (Å²) in [5, 5.41) is 3.68. The summed E-state index contributed by atoms with van der Waals surface area (Å²) in [6, 6.07) is 6.23. The minimum Gasteiger partial charge on any atom is -0.381 e. The minimum atomic E-state index is -0.0719. The summed E-state index contributed by atoms with van der Waals surface area (Å²) < 4.78 is 7.63. The lowest BCUT2D eigenvalue weighted by Crippen LogP contribution is -2.51. The van der Waals surface area contributed by atoms with Gasteiger partial charge < -0.3 is 19.5 Å². The van der Waals surface area contributed by atoms with Crippen molar-refractivity contribution in [3.63, 3.8) is 0 Å². The summed E-state index contributed by atoms with van der Waals surface area (Å²) >= 11 is 0. The van der Waals surface area contributed by atoms with Crippen LogP contribution in [0.2, 0.25) is 0 Å².